The molecule has 1 heterocycles. The minimum Gasteiger partial charge on any atom is -0.369 e. The van der Waals surface area contributed by atoms with Gasteiger partial charge in [-0.1, -0.05) is 5.16 Å². The van der Waals surface area contributed by atoms with Crippen molar-refractivity contribution >= 4 is 17.5 Å². The number of halogens is 1. The van der Waals surface area contributed by atoms with Crippen molar-refractivity contribution in [2.24, 2.45) is 0 Å². The lowest BCUT2D eigenvalue weighted by molar-refractivity contribution is -0.119. The van der Waals surface area contributed by atoms with Gasteiger partial charge in [0, 0.05) is 0 Å². The highest BCUT2D eigenvalue weighted by Crippen LogP contribution is 2.09. The first-order valence-electron chi connectivity index (χ1n) is 5.32. The molecule has 6 nitrogen and oxygen atoms in total. The molecule has 0 bridgehead atoms. The Morgan fingerprint density at radius 1 is 1.53 bits per heavy atom. The molecule has 1 amide bonds. The van der Waals surface area contributed by atoms with Crippen molar-refractivity contribution in [2.75, 3.05) is 5.88 Å². The summed E-state index contributed by atoms with van der Waals surface area (Å²) < 4.78 is 10.3. The topological polar surface area (TPSA) is 77.2 Å². The first-order chi connectivity index (χ1) is 8.02. The number of ether oxygens (including phenoxy) is 1. The molecule has 1 unspecified atom stereocenters. The normalized spacial score (nSPS) is 12.8. The largest absolute Gasteiger partial charge is 0.369 e. The van der Waals surface area contributed by atoms with Gasteiger partial charge in [0.05, 0.1) is 12.1 Å². The second-order valence-corrected chi connectivity index (χ2v) is 4.10. The van der Waals surface area contributed by atoms with Gasteiger partial charge in [-0.05, 0) is 20.8 Å². The summed E-state index contributed by atoms with van der Waals surface area (Å²) in [6.07, 6.45) is 0.0960. The van der Waals surface area contributed by atoms with E-state index in [1.807, 2.05) is 13.8 Å². The highest BCUT2D eigenvalue weighted by atomic mass is 35.5. The molecular weight excluding hydrogens is 246 g/mol. The predicted molar refractivity (Wildman–Crippen MR) is 61.5 cm³/mol. The van der Waals surface area contributed by atoms with E-state index in [9.17, 15) is 4.79 Å². The van der Waals surface area contributed by atoms with E-state index in [4.69, 9.17) is 20.9 Å². The molecule has 0 saturated carbocycles. The van der Waals surface area contributed by atoms with E-state index >= 15 is 0 Å². The van der Waals surface area contributed by atoms with Gasteiger partial charge in [0.1, 0.15) is 12.5 Å². The minimum absolute atomic E-state index is 0.0918. The number of aromatic nitrogens is 2. The fourth-order valence-corrected chi connectivity index (χ4v) is 1.16. The number of carbonyl (C=O) groups is 1. The Hall–Kier alpha value is -1.14. The van der Waals surface area contributed by atoms with Crippen molar-refractivity contribution in [2.45, 2.75) is 39.5 Å². The summed E-state index contributed by atoms with van der Waals surface area (Å²) >= 11 is 5.38. The van der Waals surface area contributed by atoms with E-state index in [2.05, 4.69) is 15.5 Å². The molecule has 0 aromatic carbocycles. The van der Waals surface area contributed by atoms with Crippen LogP contribution >= 0.6 is 11.6 Å². The maximum Gasteiger partial charge on any atom is 0.252 e. The summed E-state index contributed by atoms with van der Waals surface area (Å²) in [5, 5.41) is 6.38. The van der Waals surface area contributed by atoms with Crippen LogP contribution in [0.4, 0.5) is 0 Å². The molecule has 1 atom stereocenters. The van der Waals surface area contributed by atoms with Crippen LogP contribution in [0.25, 0.3) is 0 Å². The van der Waals surface area contributed by atoms with Gasteiger partial charge in [-0.15, -0.1) is 11.6 Å². The number of nitrogens with one attached hydrogen (secondary N) is 1. The molecule has 96 valence electrons. The SMILES string of the molecule is CC(C)OCc1nc(C(C)NC(=O)CCl)no1. The summed E-state index contributed by atoms with van der Waals surface area (Å²) in [4.78, 5) is 15.2. The third-order valence-corrected chi connectivity index (χ3v) is 2.15. The Balaban J connectivity index is 2.52. The average molecular weight is 262 g/mol. The summed E-state index contributed by atoms with van der Waals surface area (Å²) in [5.74, 6) is 0.432. The van der Waals surface area contributed by atoms with Gasteiger partial charge in [-0.25, -0.2) is 0 Å². The summed E-state index contributed by atoms with van der Waals surface area (Å²) in [5.41, 5.74) is 0. The number of alkyl halides is 1. The highest BCUT2D eigenvalue weighted by molar-refractivity contribution is 6.27. The molecule has 1 rings (SSSR count). The maximum absolute atomic E-state index is 11.1. The third-order valence-electron chi connectivity index (χ3n) is 1.91. The molecule has 1 aromatic heterocycles. The average Bonchev–Trinajstić information content (AvgIpc) is 2.74. The number of amides is 1. The lowest BCUT2D eigenvalue weighted by Crippen LogP contribution is -2.28. The zero-order valence-electron chi connectivity index (χ0n) is 10.1. The van der Waals surface area contributed by atoms with Crippen LogP contribution in [-0.2, 0) is 16.1 Å². The Morgan fingerprint density at radius 3 is 2.82 bits per heavy atom. The van der Waals surface area contributed by atoms with Gasteiger partial charge in [0.25, 0.3) is 5.89 Å². The van der Waals surface area contributed by atoms with Gasteiger partial charge in [0.15, 0.2) is 5.82 Å². The lowest BCUT2D eigenvalue weighted by atomic mass is 10.3. The van der Waals surface area contributed by atoms with Crippen LogP contribution < -0.4 is 5.32 Å². The van der Waals surface area contributed by atoms with Gasteiger partial charge >= 0.3 is 0 Å². The van der Waals surface area contributed by atoms with E-state index in [-0.39, 0.29) is 30.5 Å². The van der Waals surface area contributed by atoms with Crippen molar-refractivity contribution in [1.29, 1.82) is 0 Å². The molecule has 0 aliphatic carbocycles. The summed E-state index contributed by atoms with van der Waals surface area (Å²) in [6.45, 7) is 5.85. The molecule has 17 heavy (non-hydrogen) atoms. The van der Waals surface area contributed by atoms with E-state index in [1.54, 1.807) is 6.92 Å². The number of rotatable bonds is 6. The Morgan fingerprint density at radius 2 is 2.24 bits per heavy atom. The van der Waals surface area contributed by atoms with Crippen molar-refractivity contribution in [3.8, 4) is 0 Å². The molecule has 0 radical (unpaired) electrons. The molecule has 0 spiro atoms. The Kier molecular flexibility index (Phi) is 5.37. The zero-order chi connectivity index (χ0) is 12.8. The number of hydrogen-bond donors (Lipinski definition) is 1. The molecule has 7 heteroatoms. The second kappa shape index (κ2) is 6.56. The number of carbonyl (C=O) groups excluding carboxylic acids is 1. The molecule has 1 aromatic rings. The predicted octanol–water partition coefficient (Wildman–Crippen LogP) is 1.41. The van der Waals surface area contributed by atoms with Crippen molar-refractivity contribution < 1.29 is 14.1 Å². The van der Waals surface area contributed by atoms with Crippen LogP contribution in [0, 0.1) is 0 Å². The number of hydrogen-bond acceptors (Lipinski definition) is 5. The molecule has 0 saturated heterocycles. The fourth-order valence-electron chi connectivity index (χ4n) is 1.09. The van der Waals surface area contributed by atoms with Crippen molar-refractivity contribution in [3.63, 3.8) is 0 Å². The lowest BCUT2D eigenvalue weighted by Gasteiger charge is -2.07. The van der Waals surface area contributed by atoms with Crippen molar-refractivity contribution in [1.82, 2.24) is 15.5 Å². The minimum atomic E-state index is -0.335. The van der Waals surface area contributed by atoms with Crippen LogP contribution in [0.5, 0.6) is 0 Å². The van der Waals surface area contributed by atoms with Gasteiger partial charge < -0.3 is 14.6 Å². The third kappa shape index (κ3) is 4.70. The van der Waals surface area contributed by atoms with Crippen LogP contribution in [0.1, 0.15) is 38.5 Å². The van der Waals surface area contributed by atoms with Crippen LogP contribution in [0.3, 0.4) is 0 Å². The van der Waals surface area contributed by atoms with Gasteiger partial charge in [-0.3, -0.25) is 4.79 Å². The monoisotopic (exact) mass is 261 g/mol. The first kappa shape index (κ1) is 13.9. The maximum atomic E-state index is 11.1. The highest BCUT2D eigenvalue weighted by Gasteiger charge is 2.15. The summed E-state index contributed by atoms with van der Waals surface area (Å²) in [6, 6.07) is -0.335. The van der Waals surface area contributed by atoms with Gasteiger partial charge in [-0.2, -0.15) is 4.98 Å². The van der Waals surface area contributed by atoms with Crippen LogP contribution in [-0.4, -0.2) is 28.0 Å². The Labute approximate surface area is 105 Å². The number of nitrogens with zero attached hydrogens (tertiary/aromatic N) is 2. The first-order valence-corrected chi connectivity index (χ1v) is 5.85. The summed E-state index contributed by atoms with van der Waals surface area (Å²) in [7, 11) is 0. The van der Waals surface area contributed by atoms with Crippen LogP contribution in [0.15, 0.2) is 4.52 Å². The second-order valence-electron chi connectivity index (χ2n) is 3.83. The smallest absolute Gasteiger partial charge is 0.252 e. The molecule has 0 aliphatic rings. The van der Waals surface area contributed by atoms with Crippen molar-refractivity contribution in [3.05, 3.63) is 11.7 Å². The van der Waals surface area contributed by atoms with E-state index < -0.39 is 0 Å². The molecule has 1 N–H and O–H groups in total. The Bertz CT molecular complexity index is 367. The molecule has 0 fully saturated rings. The van der Waals surface area contributed by atoms with E-state index in [0.29, 0.717) is 11.7 Å². The molecule has 0 aliphatic heterocycles. The van der Waals surface area contributed by atoms with E-state index in [1.165, 1.54) is 0 Å². The van der Waals surface area contributed by atoms with E-state index in [0.717, 1.165) is 0 Å². The van der Waals surface area contributed by atoms with Crippen LogP contribution in [0.2, 0.25) is 0 Å². The molecular formula is C10H16ClN3O3. The standard InChI is InChI=1S/C10H16ClN3O3/c1-6(2)16-5-9-13-10(14-17-9)7(3)12-8(15)4-11/h6-7H,4-5H2,1-3H3,(H,12,15). The zero-order valence-corrected chi connectivity index (χ0v) is 10.8. The van der Waals surface area contributed by atoms with Gasteiger partial charge in [0.2, 0.25) is 5.91 Å². The quantitative estimate of drug-likeness (QED) is 0.784. The fraction of sp³-hybridized carbons (Fsp3) is 0.700.